The number of hydrogen-bond donors (Lipinski definition) is 0. The Morgan fingerprint density at radius 2 is 2.12 bits per heavy atom. The quantitative estimate of drug-likeness (QED) is 0.461. The van der Waals surface area contributed by atoms with Crippen molar-refractivity contribution >= 4 is 5.97 Å². The highest BCUT2D eigenvalue weighted by molar-refractivity contribution is 5.90. The van der Waals surface area contributed by atoms with Crippen molar-refractivity contribution in [2.75, 3.05) is 0 Å². The lowest BCUT2D eigenvalue weighted by Gasteiger charge is -2.38. The minimum absolute atomic E-state index is 0.107. The van der Waals surface area contributed by atoms with Crippen LogP contribution in [0.3, 0.4) is 0 Å². The highest BCUT2D eigenvalue weighted by Crippen LogP contribution is 2.65. The highest BCUT2D eigenvalue weighted by atomic mass is 16.6. The number of fused-ring (bicyclic) bond motifs is 6. The first-order valence-electron chi connectivity index (χ1n) is 6.61. The first kappa shape index (κ1) is 9.26. The third-order valence-corrected chi connectivity index (χ3v) is 5.68. The molecule has 4 aliphatic rings. The molecule has 0 aromatic heterocycles. The van der Waals surface area contributed by atoms with Gasteiger partial charge in [-0.2, -0.15) is 0 Å². The summed E-state index contributed by atoms with van der Waals surface area (Å²) in [5.74, 6) is 3.20. The van der Waals surface area contributed by atoms with E-state index in [2.05, 4.69) is 6.58 Å². The lowest BCUT2D eigenvalue weighted by Crippen LogP contribution is -2.41. The third kappa shape index (κ3) is 0.922. The van der Waals surface area contributed by atoms with E-state index in [1.54, 1.807) is 0 Å². The Labute approximate surface area is 96.0 Å². The number of rotatable bonds is 0. The lowest BCUT2D eigenvalue weighted by molar-refractivity contribution is -0.153. The van der Waals surface area contributed by atoms with Gasteiger partial charge < -0.3 is 4.74 Å². The molecule has 4 fully saturated rings. The molecule has 3 saturated carbocycles. The topological polar surface area (TPSA) is 26.3 Å². The normalized spacial score (nSPS) is 53.8. The van der Waals surface area contributed by atoms with Crippen LogP contribution in [0.2, 0.25) is 0 Å². The Morgan fingerprint density at radius 1 is 1.31 bits per heavy atom. The van der Waals surface area contributed by atoms with Gasteiger partial charge in [0.25, 0.3) is 0 Å². The minimum atomic E-state index is -0.123. The van der Waals surface area contributed by atoms with Crippen molar-refractivity contribution in [3.63, 3.8) is 0 Å². The van der Waals surface area contributed by atoms with Crippen LogP contribution in [0.5, 0.6) is 0 Å². The van der Waals surface area contributed by atoms with Gasteiger partial charge in [0.1, 0.15) is 5.60 Å². The van der Waals surface area contributed by atoms with Crippen molar-refractivity contribution in [1.82, 2.24) is 0 Å². The molecular formula is C14H18O2. The highest BCUT2D eigenvalue weighted by Gasteiger charge is 2.64. The molecule has 2 heteroatoms. The van der Waals surface area contributed by atoms with E-state index in [9.17, 15) is 4.79 Å². The lowest BCUT2D eigenvalue weighted by atomic mass is 9.71. The predicted molar refractivity (Wildman–Crippen MR) is 59.6 cm³/mol. The monoisotopic (exact) mass is 218 g/mol. The smallest absolute Gasteiger partial charge is 0.334 e. The molecular weight excluding hydrogens is 200 g/mol. The fourth-order valence-electron chi connectivity index (χ4n) is 5.26. The molecule has 0 aromatic rings. The van der Waals surface area contributed by atoms with E-state index in [0.717, 1.165) is 30.6 Å². The van der Waals surface area contributed by atoms with E-state index in [-0.39, 0.29) is 11.6 Å². The molecule has 1 heterocycles. The van der Waals surface area contributed by atoms with Crippen molar-refractivity contribution in [3.8, 4) is 0 Å². The molecule has 0 N–H and O–H groups in total. The van der Waals surface area contributed by atoms with Crippen LogP contribution in [0.4, 0.5) is 0 Å². The zero-order valence-corrected chi connectivity index (χ0v) is 9.58. The van der Waals surface area contributed by atoms with Crippen molar-refractivity contribution < 1.29 is 9.53 Å². The second-order valence-corrected chi connectivity index (χ2v) is 6.30. The van der Waals surface area contributed by atoms with Gasteiger partial charge in [0.05, 0.1) is 0 Å². The van der Waals surface area contributed by atoms with Crippen LogP contribution in [0, 0.1) is 23.7 Å². The van der Waals surface area contributed by atoms with Crippen molar-refractivity contribution in [2.45, 2.75) is 44.1 Å². The van der Waals surface area contributed by atoms with Gasteiger partial charge in [0.2, 0.25) is 0 Å². The van der Waals surface area contributed by atoms with Gasteiger partial charge in [-0.15, -0.1) is 0 Å². The predicted octanol–water partition coefficient (Wildman–Crippen LogP) is 2.68. The molecule has 1 spiro atoms. The van der Waals surface area contributed by atoms with E-state index in [1.807, 2.05) is 0 Å². The average Bonchev–Trinajstić information content (AvgIpc) is 2.89. The summed E-state index contributed by atoms with van der Waals surface area (Å²) in [6.07, 6.45) is 7.46. The second kappa shape index (κ2) is 2.72. The maximum absolute atomic E-state index is 11.6. The Balaban J connectivity index is 1.69. The molecule has 1 saturated heterocycles. The molecule has 1 aliphatic heterocycles. The molecule has 86 valence electrons. The van der Waals surface area contributed by atoms with Crippen LogP contribution >= 0.6 is 0 Å². The first-order chi connectivity index (χ1) is 7.70. The number of carbonyl (C=O) groups excluding carboxylic acids is 1. The summed E-state index contributed by atoms with van der Waals surface area (Å²) in [4.78, 5) is 11.6. The first-order valence-corrected chi connectivity index (χ1v) is 6.61. The summed E-state index contributed by atoms with van der Waals surface area (Å²) in [5, 5.41) is 0. The zero-order valence-electron chi connectivity index (χ0n) is 9.58. The van der Waals surface area contributed by atoms with Crippen LogP contribution in [-0.4, -0.2) is 11.6 Å². The van der Waals surface area contributed by atoms with Gasteiger partial charge in [-0.1, -0.05) is 13.0 Å². The molecule has 3 aliphatic carbocycles. The van der Waals surface area contributed by atoms with E-state index in [0.29, 0.717) is 11.5 Å². The Hall–Kier alpha value is -0.790. The average molecular weight is 218 g/mol. The standard InChI is InChI=1S/C14H18O2/c1-8-6-14(16-13(8)15)7-9-5-12(14)11-4-2-3-10(9)11/h9-12H,1-7H2. The molecule has 0 radical (unpaired) electrons. The molecule has 2 nitrogen and oxygen atoms in total. The Kier molecular flexibility index (Phi) is 1.57. The van der Waals surface area contributed by atoms with Gasteiger partial charge in [0.15, 0.2) is 0 Å². The van der Waals surface area contributed by atoms with Crippen LogP contribution in [-0.2, 0) is 9.53 Å². The van der Waals surface area contributed by atoms with Crippen LogP contribution in [0.1, 0.15) is 38.5 Å². The van der Waals surface area contributed by atoms with Crippen molar-refractivity contribution in [3.05, 3.63) is 12.2 Å². The van der Waals surface area contributed by atoms with Gasteiger partial charge >= 0.3 is 5.97 Å². The number of ether oxygens (including phenoxy) is 1. The van der Waals surface area contributed by atoms with E-state index in [4.69, 9.17) is 4.74 Å². The van der Waals surface area contributed by atoms with Crippen molar-refractivity contribution in [2.24, 2.45) is 23.7 Å². The summed E-state index contributed by atoms with van der Waals surface area (Å²) in [6.45, 7) is 3.85. The number of esters is 1. The second-order valence-electron chi connectivity index (χ2n) is 6.30. The number of hydrogen-bond acceptors (Lipinski definition) is 2. The van der Waals surface area contributed by atoms with Crippen LogP contribution in [0.15, 0.2) is 12.2 Å². The largest absolute Gasteiger partial charge is 0.455 e. The molecule has 2 bridgehead atoms. The fourth-order valence-corrected chi connectivity index (χ4v) is 5.26. The minimum Gasteiger partial charge on any atom is -0.455 e. The molecule has 5 unspecified atom stereocenters. The maximum Gasteiger partial charge on any atom is 0.334 e. The molecule has 4 rings (SSSR count). The van der Waals surface area contributed by atoms with E-state index >= 15 is 0 Å². The Bertz CT molecular complexity index is 368. The molecule has 0 amide bonds. The summed E-state index contributed by atoms with van der Waals surface area (Å²) in [7, 11) is 0. The van der Waals surface area contributed by atoms with E-state index < -0.39 is 0 Å². The van der Waals surface area contributed by atoms with Crippen LogP contribution < -0.4 is 0 Å². The fraction of sp³-hybridized carbons (Fsp3) is 0.786. The molecule has 0 aromatic carbocycles. The van der Waals surface area contributed by atoms with Crippen molar-refractivity contribution in [1.29, 1.82) is 0 Å². The summed E-state index contributed by atoms with van der Waals surface area (Å²) >= 11 is 0. The van der Waals surface area contributed by atoms with Crippen LogP contribution in [0.25, 0.3) is 0 Å². The SMILES string of the molecule is C=C1CC2(CC3CC2C2CCCC32)OC1=O. The molecule has 5 atom stereocenters. The molecule has 16 heavy (non-hydrogen) atoms. The summed E-state index contributed by atoms with van der Waals surface area (Å²) in [6, 6.07) is 0. The van der Waals surface area contributed by atoms with Gasteiger partial charge in [0, 0.05) is 17.9 Å². The Morgan fingerprint density at radius 3 is 2.88 bits per heavy atom. The third-order valence-electron chi connectivity index (χ3n) is 5.68. The van der Waals surface area contributed by atoms with Gasteiger partial charge in [-0.3, -0.25) is 0 Å². The summed E-state index contributed by atoms with van der Waals surface area (Å²) < 4.78 is 5.73. The summed E-state index contributed by atoms with van der Waals surface area (Å²) in [5.41, 5.74) is 0.603. The van der Waals surface area contributed by atoms with Gasteiger partial charge in [-0.25, -0.2) is 4.79 Å². The van der Waals surface area contributed by atoms with E-state index in [1.165, 1.54) is 25.7 Å². The maximum atomic E-state index is 11.6. The zero-order chi connectivity index (χ0) is 10.9. The van der Waals surface area contributed by atoms with Gasteiger partial charge in [-0.05, 0) is 43.4 Å². The number of carbonyl (C=O) groups is 1.